The van der Waals surface area contributed by atoms with Gasteiger partial charge < -0.3 is 14.2 Å². The van der Waals surface area contributed by atoms with Crippen molar-refractivity contribution in [2.24, 2.45) is 5.92 Å². The summed E-state index contributed by atoms with van der Waals surface area (Å²) in [4.78, 5) is 38.0. The normalized spacial score (nSPS) is 12.0. The van der Waals surface area contributed by atoms with Gasteiger partial charge >= 0.3 is 17.9 Å². The molecule has 0 saturated carbocycles. The second-order valence-corrected chi connectivity index (χ2v) is 19.7. The predicted octanol–water partition coefficient (Wildman–Crippen LogP) is 18.2. The van der Waals surface area contributed by atoms with Gasteiger partial charge in [-0.2, -0.15) is 0 Å². The Hall–Kier alpha value is -1.59. The van der Waals surface area contributed by atoms with Crippen molar-refractivity contribution < 1.29 is 28.6 Å². The molecule has 368 valence electrons. The van der Waals surface area contributed by atoms with E-state index in [9.17, 15) is 14.4 Å². The maximum Gasteiger partial charge on any atom is 0.306 e. The van der Waals surface area contributed by atoms with Gasteiger partial charge in [0.15, 0.2) is 6.10 Å². The largest absolute Gasteiger partial charge is 0.462 e. The van der Waals surface area contributed by atoms with Crippen LogP contribution in [0.15, 0.2) is 0 Å². The average Bonchev–Trinajstić information content (AvgIpc) is 3.26. The number of hydrogen-bond donors (Lipinski definition) is 0. The summed E-state index contributed by atoms with van der Waals surface area (Å²) < 4.78 is 16.9. The van der Waals surface area contributed by atoms with Crippen LogP contribution in [0.4, 0.5) is 0 Å². The fourth-order valence-corrected chi connectivity index (χ4v) is 8.57. The Bertz CT molecular complexity index is 933. The minimum Gasteiger partial charge on any atom is -0.462 e. The van der Waals surface area contributed by atoms with Gasteiger partial charge in [-0.1, -0.05) is 278 Å². The lowest BCUT2D eigenvalue weighted by atomic mass is 10.0. The summed E-state index contributed by atoms with van der Waals surface area (Å²) in [7, 11) is 0. The molecule has 0 bridgehead atoms. The van der Waals surface area contributed by atoms with Crippen LogP contribution in [-0.4, -0.2) is 37.2 Å². The summed E-state index contributed by atoms with van der Waals surface area (Å²) in [5, 5.41) is 0. The molecule has 0 radical (unpaired) electrons. The lowest BCUT2D eigenvalue weighted by Crippen LogP contribution is -2.30. The molecule has 6 heteroatoms. The van der Waals surface area contributed by atoms with Crippen LogP contribution in [0.5, 0.6) is 0 Å². The van der Waals surface area contributed by atoms with E-state index in [4.69, 9.17) is 14.2 Å². The van der Waals surface area contributed by atoms with E-state index in [1.54, 1.807) is 0 Å². The van der Waals surface area contributed by atoms with Crippen molar-refractivity contribution in [2.75, 3.05) is 13.2 Å². The smallest absolute Gasteiger partial charge is 0.306 e. The van der Waals surface area contributed by atoms with E-state index in [0.717, 1.165) is 63.7 Å². The molecular formula is C56H108O6. The predicted molar refractivity (Wildman–Crippen MR) is 266 cm³/mol. The molecule has 0 rings (SSSR count). The minimum atomic E-state index is -0.761. The van der Waals surface area contributed by atoms with Gasteiger partial charge in [0, 0.05) is 19.3 Å². The first-order valence-electron chi connectivity index (χ1n) is 27.9. The highest BCUT2D eigenvalue weighted by Crippen LogP contribution is 2.18. The monoisotopic (exact) mass is 877 g/mol. The van der Waals surface area contributed by atoms with Crippen molar-refractivity contribution in [1.82, 2.24) is 0 Å². The first-order valence-corrected chi connectivity index (χ1v) is 27.9. The van der Waals surface area contributed by atoms with E-state index in [-0.39, 0.29) is 31.1 Å². The van der Waals surface area contributed by atoms with Crippen LogP contribution in [0.25, 0.3) is 0 Å². The first kappa shape index (κ1) is 60.4. The molecule has 0 aliphatic rings. The fourth-order valence-electron chi connectivity index (χ4n) is 8.57. The third-order valence-electron chi connectivity index (χ3n) is 12.8. The Kier molecular flexibility index (Phi) is 49.1. The first-order chi connectivity index (χ1) is 30.4. The number of rotatable bonds is 51. The highest BCUT2D eigenvalue weighted by molar-refractivity contribution is 5.71. The third kappa shape index (κ3) is 49.4. The number of esters is 3. The Morgan fingerprint density at radius 1 is 0.306 bits per heavy atom. The van der Waals surface area contributed by atoms with E-state index >= 15 is 0 Å². The topological polar surface area (TPSA) is 78.9 Å². The lowest BCUT2D eigenvalue weighted by molar-refractivity contribution is -0.167. The molecule has 0 spiro atoms. The molecule has 0 fully saturated rings. The Labute approximate surface area is 387 Å². The maximum atomic E-state index is 12.8. The number of hydrogen-bond acceptors (Lipinski definition) is 6. The third-order valence-corrected chi connectivity index (χ3v) is 12.8. The minimum absolute atomic E-state index is 0.0621. The van der Waals surface area contributed by atoms with Gasteiger partial charge in [-0.25, -0.2) is 0 Å². The average molecular weight is 877 g/mol. The van der Waals surface area contributed by atoms with Gasteiger partial charge in [-0.05, 0) is 25.2 Å². The summed E-state index contributed by atoms with van der Waals surface area (Å²) >= 11 is 0. The van der Waals surface area contributed by atoms with Crippen LogP contribution in [0, 0.1) is 5.92 Å². The van der Waals surface area contributed by atoms with Gasteiger partial charge in [0.25, 0.3) is 0 Å². The van der Waals surface area contributed by atoms with Crippen LogP contribution in [0.1, 0.15) is 317 Å². The van der Waals surface area contributed by atoms with Crippen LogP contribution >= 0.6 is 0 Å². The molecule has 0 aromatic heterocycles. The maximum absolute atomic E-state index is 12.8. The Balaban J connectivity index is 4.28. The highest BCUT2D eigenvalue weighted by Gasteiger charge is 2.19. The van der Waals surface area contributed by atoms with Gasteiger partial charge in [0.1, 0.15) is 13.2 Å². The van der Waals surface area contributed by atoms with Crippen molar-refractivity contribution >= 4 is 17.9 Å². The summed E-state index contributed by atoms with van der Waals surface area (Å²) in [5.74, 6) is 0.00693. The summed E-state index contributed by atoms with van der Waals surface area (Å²) in [5.41, 5.74) is 0. The Morgan fingerprint density at radius 3 is 0.790 bits per heavy atom. The van der Waals surface area contributed by atoms with E-state index < -0.39 is 6.10 Å². The zero-order valence-electron chi connectivity index (χ0n) is 42.3. The second-order valence-electron chi connectivity index (χ2n) is 19.7. The van der Waals surface area contributed by atoms with Crippen LogP contribution in [0.2, 0.25) is 0 Å². The van der Waals surface area contributed by atoms with E-state index in [1.807, 2.05) is 0 Å². The molecule has 0 saturated heterocycles. The number of carbonyl (C=O) groups excluding carboxylic acids is 3. The highest BCUT2D eigenvalue weighted by atomic mass is 16.6. The second kappa shape index (κ2) is 50.4. The van der Waals surface area contributed by atoms with Gasteiger partial charge in [0.2, 0.25) is 0 Å². The van der Waals surface area contributed by atoms with Crippen LogP contribution < -0.4 is 0 Å². The fraction of sp³-hybridized carbons (Fsp3) is 0.946. The zero-order chi connectivity index (χ0) is 45.2. The van der Waals surface area contributed by atoms with Gasteiger partial charge in [-0.15, -0.1) is 0 Å². The molecule has 0 aromatic carbocycles. The molecule has 1 atom stereocenters. The molecule has 0 unspecified atom stereocenters. The van der Waals surface area contributed by atoms with Crippen LogP contribution in [0.3, 0.4) is 0 Å². The molecule has 0 aliphatic heterocycles. The molecule has 0 heterocycles. The summed E-state index contributed by atoms with van der Waals surface area (Å²) in [6.45, 7) is 9.05. The molecule has 0 N–H and O–H groups in total. The molecule has 0 aromatic rings. The molecule has 6 nitrogen and oxygen atoms in total. The number of carbonyl (C=O) groups is 3. The number of unbranched alkanes of at least 4 members (excludes halogenated alkanes) is 38. The SMILES string of the molecule is CCCCCCCCCCCCCCCCCC(=O)O[C@@H](COC(=O)CCCCCCCCCCCCCC)COC(=O)CCCCCCCCCCCCCCCCC(C)C. The van der Waals surface area contributed by atoms with Crippen molar-refractivity contribution in [2.45, 2.75) is 323 Å². The van der Waals surface area contributed by atoms with Gasteiger partial charge in [0.05, 0.1) is 0 Å². The quantitative estimate of drug-likeness (QED) is 0.0344. The van der Waals surface area contributed by atoms with Gasteiger partial charge in [-0.3, -0.25) is 14.4 Å². The summed E-state index contributed by atoms with van der Waals surface area (Å²) in [6.07, 6.45) is 53.7. The molecular weight excluding hydrogens is 769 g/mol. The van der Waals surface area contributed by atoms with Crippen LogP contribution in [-0.2, 0) is 28.6 Å². The van der Waals surface area contributed by atoms with Crippen molar-refractivity contribution in [3.05, 3.63) is 0 Å². The standard InChI is InChI=1S/C56H108O6/c1-5-7-9-11-13-15-17-19-20-25-29-33-37-41-45-49-56(59)62-53(50-60-54(57)47-43-39-35-31-27-18-16-14-12-10-8-6-2)51-61-55(58)48-44-40-36-32-28-24-22-21-23-26-30-34-38-42-46-52(3)4/h52-53H,5-51H2,1-4H3/t53-/m0/s1. The molecule has 0 aliphatic carbocycles. The van der Waals surface area contributed by atoms with E-state index in [0.29, 0.717) is 19.3 Å². The Morgan fingerprint density at radius 2 is 0.532 bits per heavy atom. The van der Waals surface area contributed by atoms with Crippen molar-refractivity contribution in [3.8, 4) is 0 Å². The van der Waals surface area contributed by atoms with Crippen molar-refractivity contribution in [1.29, 1.82) is 0 Å². The van der Waals surface area contributed by atoms with E-state index in [2.05, 4.69) is 27.7 Å². The molecule has 62 heavy (non-hydrogen) atoms. The summed E-state index contributed by atoms with van der Waals surface area (Å²) in [6, 6.07) is 0. The lowest BCUT2D eigenvalue weighted by Gasteiger charge is -2.18. The molecule has 0 amide bonds. The zero-order valence-corrected chi connectivity index (χ0v) is 42.3. The van der Waals surface area contributed by atoms with E-state index in [1.165, 1.54) is 212 Å². The van der Waals surface area contributed by atoms with Crippen molar-refractivity contribution in [3.63, 3.8) is 0 Å². The number of ether oxygens (including phenoxy) is 3.